The molecule has 2 aromatic carbocycles. The van der Waals surface area contributed by atoms with E-state index in [0.29, 0.717) is 19.3 Å². The summed E-state index contributed by atoms with van der Waals surface area (Å²) in [7, 11) is 0. The van der Waals surface area contributed by atoms with Crippen LogP contribution in [0.4, 0.5) is 10.1 Å². The fourth-order valence-corrected chi connectivity index (χ4v) is 4.09. The molecule has 0 radical (unpaired) electrons. The van der Waals surface area contributed by atoms with Gasteiger partial charge in [-0.1, -0.05) is 24.3 Å². The van der Waals surface area contributed by atoms with Gasteiger partial charge in [0, 0.05) is 38.3 Å². The Bertz CT molecular complexity index is 802. The van der Waals surface area contributed by atoms with E-state index < -0.39 is 5.60 Å². The molecular formula is C22H26ClFN2O2. The van der Waals surface area contributed by atoms with Crippen molar-refractivity contribution in [1.82, 2.24) is 4.90 Å². The molecule has 0 atom stereocenters. The first kappa shape index (κ1) is 20.8. The largest absolute Gasteiger partial charge is 0.385 e. The number of piperidine rings is 1. The summed E-state index contributed by atoms with van der Waals surface area (Å²) in [5, 5.41) is 10.9. The van der Waals surface area contributed by atoms with Crippen molar-refractivity contribution >= 4 is 24.0 Å². The maximum atomic E-state index is 13.1. The van der Waals surface area contributed by atoms with Gasteiger partial charge in [-0.3, -0.25) is 9.69 Å². The van der Waals surface area contributed by atoms with Gasteiger partial charge in [0.05, 0.1) is 5.60 Å². The van der Waals surface area contributed by atoms with Crippen molar-refractivity contribution < 1.29 is 14.3 Å². The van der Waals surface area contributed by atoms with E-state index in [1.54, 1.807) is 12.1 Å². The van der Waals surface area contributed by atoms with E-state index in [-0.39, 0.29) is 24.1 Å². The molecule has 2 aliphatic heterocycles. The third kappa shape index (κ3) is 4.37. The lowest BCUT2D eigenvalue weighted by Crippen LogP contribution is -2.42. The average Bonchev–Trinajstić information content (AvgIpc) is 3.11. The fraction of sp³-hybridized carbons (Fsp3) is 0.409. The zero-order chi connectivity index (χ0) is 18.9. The number of aliphatic hydroxyl groups is 1. The van der Waals surface area contributed by atoms with Gasteiger partial charge in [-0.2, -0.15) is 0 Å². The summed E-state index contributed by atoms with van der Waals surface area (Å²) in [6.07, 6.45) is 2.86. The van der Waals surface area contributed by atoms with E-state index in [0.717, 1.165) is 43.9 Å². The minimum atomic E-state index is -0.871. The van der Waals surface area contributed by atoms with Crippen LogP contribution < -0.4 is 4.90 Å². The minimum absolute atomic E-state index is 0. The van der Waals surface area contributed by atoms with Gasteiger partial charge in [-0.05, 0) is 54.7 Å². The Hall–Kier alpha value is -1.95. The van der Waals surface area contributed by atoms with Crippen molar-refractivity contribution in [3.05, 3.63) is 65.5 Å². The number of amides is 1. The maximum absolute atomic E-state index is 13.1. The lowest BCUT2D eigenvalue weighted by molar-refractivity contribution is -0.117. The smallest absolute Gasteiger partial charge is 0.227 e. The maximum Gasteiger partial charge on any atom is 0.227 e. The number of hydrogen-bond acceptors (Lipinski definition) is 3. The molecule has 0 spiro atoms. The number of carbonyl (C=O) groups excluding carboxylic acids is 1. The van der Waals surface area contributed by atoms with Gasteiger partial charge >= 0.3 is 0 Å². The van der Waals surface area contributed by atoms with E-state index >= 15 is 0 Å². The van der Waals surface area contributed by atoms with E-state index in [1.165, 1.54) is 17.7 Å². The monoisotopic (exact) mass is 404 g/mol. The zero-order valence-electron chi connectivity index (χ0n) is 15.8. The van der Waals surface area contributed by atoms with E-state index in [4.69, 9.17) is 0 Å². The molecule has 2 heterocycles. The molecule has 4 rings (SSSR count). The molecule has 6 heteroatoms. The summed E-state index contributed by atoms with van der Waals surface area (Å²) in [6.45, 7) is 3.22. The summed E-state index contributed by atoms with van der Waals surface area (Å²) in [6, 6.07) is 14.4. The summed E-state index contributed by atoms with van der Waals surface area (Å²) < 4.78 is 13.1. The lowest BCUT2D eigenvalue weighted by Gasteiger charge is -2.38. The summed E-state index contributed by atoms with van der Waals surface area (Å²) >= 11 is 0. The van der Waals surface area contributed by atoms with E-state index in [9.17, 15) is 14.3 Å². The van der Waals surface area contributed by atoms with Crippen LogP contribution >= 0.6 is 12.4 Å². The second kappa shape index (κ2) is 8.60. The van der Waals surface area contributed by atoms with Crippen LogP contribution in [0.3, 0.4) is 0 Å². The lowest BCUT2D eigenvalue weighted by atomic mass is 9.84. The molecule has 2 aromatic rings. The molecule has 1 amide bonds. The molecule has 2 fully saturated rings. The van der Waals surface area contributed by atoms with Crippen LogP contribution in [0.5, 0.6) is 0 Å². The van der Waals surface area contributed by atoms with Crippen molar-refractivity contribution in [3.63, 3.8) is 0 Å². The van der Waals surface area contributed by atoms with Crippen LogP contribution in [-0.4, -0.2) is 35.5 Å². The highest BCUT2D eigenvalue weighted by Crippen LogP contribution is 2.33. The number of nitrogens with zero attached hydrogens (tertiary/aromatic N) is 2. The van der Waals surface area contributed by atoms with Crippen molar-refractivity contribution in [1.29, 1.82) is 0 Å². The highest BCUT2D eigenvalue weighted by Gasteiger charge is 2.33. The topological polar surface area (TPSA) is 43.8 Å². The molecule has 0 aliphatic carbocycles. The molecule has 0 unspecified atom stereocenters. The van der Waals surface area contributed by atoms with Crippen LogP contribution in [0.2, 0.25) is 0 Å². The number of likely N-dealkylation sites (tertiary alicyclic amines) is 1. The van der Waals surface area contributed by atoms with Gasteiger partial charge in [0.2, 0.25) is 5.91 Å². The highest BCUT2D eigenvalue weighted by atomic mass is 35.5. The minimum Gasteiger partial charge on any atom is -0.385 e. The first-order valence-electron chi connectivity index (χ1n) is 9.64. The first-order chi connectivity index (χ1) is 13.0. The Labute approximate surface area is 171 Å². The first-order valence-corrected chi connectivity index (χ1v) is 9.64. The second-order valence-corrected chi connectivity index (χ2v) is 7.63. The third-order valence-corrected chi connectivity index (χ3v) is 5.79. The Morgan fingerprint density at radius 1 is 0.964 bits per heavy atom. The van der Waals surface area contributed by atoms with Crippen LogP contribution in [0.15, 0.2) is 48.5 Å². The number of anilines is 1. The second-order valence-electron chi connectivity index (χ2n) is 7.63. The number of halogens is 2. The molecule has 2 saturated heterocycles. The summed E-state index contributed by atoms with van der Waals surface area (Å²) in [5.41, 5.74) is 2.11. The Morgan fingerprint density at radius 2 is 1.61 bits per heavy atom. The molecule has 2 aliphatic rings. The number of benzene rings is 2. The number of hydrogen-bond donors (Lipinski definition) is 1. The van der Waals surface area contributed by atoms with Gasteiger partial charge in [0.1, 0.15) is 5.82 Å². The van der Waals surface area contributed by atoms with Crippen molar-refractivity contribution in [2.24, 2.45) is 0 Å². The highest BCUT2D eigenvalue weighted by molar-refractivity contribution is 5.95. The van der Waals surface area contributed by atoms with Crippen molar-refractivity contribution in [2.75, 3.05) is 24.5 Å². The van der Waals surface area contributed by atoms with Gasteiger partial charge in [-0.25, -0.2) is 4.39 Å². The predicted molar refractivity (Wildman–Crippen MR) is 110 cm³/mol. The standard InChI is InChI=1S/C22H25FN2O2.ClH/c23-19-7-5-18(6-8-19)22(27)11-14-24(15-12-22)16-17-3-9-20(10-4-17)25-13-1-2-21(25)26;/h3-10,27H,1-2,11-16H2;1H. The van der Waals surface area contributed by atoms with Gasteiger partial charge < -0.3 is 10.0 Å². The van der Waals surface area contributed by atoms with E-state index in [2.05, 4.69) is 17.0 Å². The Kier molecular flexibility index (Phi) is 6.38. The summed E-state index contributed by atoms with van der Waals surface area (Å²) in [5.74, 6) is -0.0716. The molecule has 0 saturated carbocycles. The number of carbonyl (C=O) groups is 1. The van der Waals surface area contributed by atoms with Crippen LogP contribution in [0.25, 0.3) is 0 Å². The van der Waals surface area contributed by atoms with Crippen molar-refractivity contribution in [2.45, 2.75) is 37.8 Å². The predicted octanol–water partition coefficient (Wildman–Crippen LogP) is 3.86. The SMILES string of the molecule is Cl.O=C1CCCN1c1ccc(CN2CCC(O)(c3ccc(F)cc3)CC2)cc1. The van der Waals surface area contributed by atoms with Crippen LogP contribution in [0.1, 0.15) is 36.8 Å². The summed E-state index contributed by atoms with van der Waals surface area (Å²) in [4.78, 5) is 16.0. The molecule has 150 valence electrons. The van der Waals surface area contributed by atoms with Crippen molar-refractivity contribution in [3.8, 4) is 0 Å². The van der Waals surface area contributed by atoms with Gasteiger partial charge in [-0.15, -0.1) is 12.4 Å². The molecule has 28 heavy (non-hydrogen) atoms. The van der Waals surface area contributed by atoms with Gasteiger partial charge in [0.15, 0.2) is 0 Å². The fourth-order valence-electron chi connectivity index (χ4n) is 4.09. The van der Waals surface area contributed by atoms with Crippen LogP contribution in [0, 0.1) is 5.82 Å². The molecule has 0 aromatic heterocycles. The van der Waals surface area contributed by atoms with Crippen LogP contribution in [-0.2, 0) is 16.9 Å². The Morgan fingerprint density at radius 3 is 2.18 bits per heavy atom. The van der Waals surface area contributed by atoms with E-state index in [1.807, 2.05) is 17.0 Å². The van der Waals surface area contributed by atoms with Gasteiger partial charge in [0.25, 0.3) is 0 Å². The average molecular weight is 405 g/mol. The zero-order valence-corrected chi connectivity index (χ0v) is 16.6. The quantitative estimate of drug-likeness (QED) is 0.841. The molecule has 4 nitrogen and oxygen atoms in total. The third-order valence-electron chi connectivity index (χ3n) is 5.79. The normalized spacial score (nSPS) is 19.5. The molecule has 0 bridgehead atoms. The molecular weight excluding hydrogens is 379 g/mol. The Balaban J connectivity index is 0.00000225. The number of rotatable bonds is 4. The molecule has 1 N–H and O–H groups in total.